The molecule has 12 heteroatoms. The SMILES string of the molecule is O=[N+]([O-])c1ccccc1NCCNS(=O)(=O)c1ccc(OC(F)(F)F)cc1. The number of nitro groups is 1. The van der Waals surface area contributed by atoms with Gasteiger partial charge in [0.25, 0.3) is 5.69 Å². The molecule has 8 nitrogen and oxygen atoms in total. The molecule has 2 rings (SSSR count). The van der Waals surface area contributed by atoms with Crippen LogP contribution in [0.5, 0.6) is 5.75 Å². The molecular weight excluding hydrogens is 391 g/mol. The highest BCUT2D eigenvalue weighted by atomic mass is 32.2. The standard InChI is InChI=1S/C15H14F3N3O5S/c16-15(17,18)26-11-5-7-12(8-6-11)27(24,25)20-10-9-19-13-3-1-2-4-14(13)21(22)23/h1-8,19-20H,9-10H2. The van der Waals surface area contributed by atoms with Gasteiger partial charge in [-0.25, -0.2) is 13.1 Å². The minimum absolute atomic E-state index is 0.0549. The number of nitro benzene ring substituents is 1. The highest BCUT2D eigenvalue weighted by Crippen LogP contribution is 2.24. The summed E-state index contributed by atoms with van der Waals surface area (Å²) in [6.07, 6.45) is -4.87. The van der Waals surface area contributed by atoms with Crippen molar-refractivity contribution >= 4 is 21.4 Å². The quantitative estimate of drug-likeness (QED) is 0.397. The smallest absolute Gasteiger partial charge is 0.406 e. The van der Waals surface area contributed by atoms with E-state index in [1.165, 1.54) is 18.2 Å². The molecule has 0 atom stereocenters. The molecule has 0 aliphatic heterocycles. The zero-order valence-corrected chi connectivity index (χ0v) is 14.4. The summed E-state index contributed by atoms with van der Waals surface area (Å²) in [6.45, 7) is -0.0471. The molecule has 146 valence electrons. The van der Waals surface area contributed by atoms with Crippen LogP contribution in [-0.2, 0) is 10.0 Å². The minimum atomic E-state index is -4.87. The van der Waals surface area contributed by atoms with Crippen LogP contribution in [0.1, 0.15) is 0 Å². The number of rotatable bonds is 8. The maximum Gasteiger partial charge on any atom is 0.573 e. The van der Waals surface area contributed by atoms with Crippen molar-refractivity contribution < 1.29 is 31.2 Å². The number of hydrogen-bond acceptors (Lipinski definition) is 6. The van der Waals surface area contributed by atoms with Gasteiger partial charge >= 0.3 is 6.36 Å². The maximum atomic E-state index is 12.1. The van der Waals surface area contributed by atoms with Gasteiger partial charge in [0, 0.05) is 19.2 Å². The zero-order valence-electron chi connectivity index (χ0n) is 13.6. The third kappa shape index (κ3) is 6.11. The first-order chi connectivity index (χ1) is 12.6. The van der Waals surface area contributed by atoms with E-state index >= 15 is 0 Å². The molecule has 0 radical (unpaired) electrons. The predicted molar refractivity (Wildman–Crippen MR) is 89.9 cm³/mol. The molecule has 2 aromatic rings. The highest BCUT2D eigenvalue weighted by molar-refractivity contribution is 7.89. The zero-order chi connectivity index (χ0) is 20.1. The van der Waals surface area contributed by atoms with Crippen molar-refractivity contribution in [3.8, 4) is 5.75 Å². The topological polar surface area (TPSA) is 111 Å². The molecule has 0 aliphatic rings. The lowest BCUT2D eigenvalue weighted by atomic mass is 10.2. The number of sulfonamides is 1. The Labute approximate surface area is 152 Å². The molecule has 0 heterocycles. The Morgan fingerprint density at radius 3 is 2.26 bits per heavy atom. The first kappa shape index (κ1) is 20.5. The van der Waals surface area contributed by atoms with Crippen LogP contribution in [0.2, 0.25) is 0 Å². The normalized spacial score (nSPS) is 11.8. The van der Waals surface area contributed by atoms with E-state index in [2.05, 4.69) is 14.8 Å². The maximum absolute atomic E-state index is 12.1. The molecule has 0 unspecified atom stereocenters. The number of halogens is 3. The van der Waals surface area contributed by atoms with E-state index in [1.54, 1.807) is 6.07 Å². The number of ether oxygens (including phenoxy) is 1. The average molecular weight is 405 g/mol. The monoisotopic (exact) mass is 405 g/mol. The van der Waals surface area contributed by atoms with Gasteiger partial charge in [-0.3, -0.25) is 10.1 Å². The number of para-hydroxylation sites is 2. The molecule has 2 aromatic carbocycles. The second kappa shape index (κ2) is 8.22. The van der Waals surface area contributed by atoms with Crippen molar-refractivity contribution in [2.24, 2.45) is 0 Å². The molecule has 0 bridgehead atoms. The molecule has 0 fully saturated rings. The molecular formula is C15H14F3N3O5S. The van der Waals surface area contributed by atoms with Gasteiger partial charge in [-0.15, -0.1) is 13.2 Å². The minimum Gasteiger partial charge on any atom is -0.406 e. The second-order valence-corrected chi connectivity index (χ2v) is 6.88. The Morgan fingerprint density at radius 2 is 1.67 bits per heavy atom. The highest BCUT2D eigenvalue weighted by Gasteiger charge is 2.31. The number of alkyl halides is 3. The summed E-state index contributed by atoms with van der Waals surface area (Å²) in [4.78, 5) is 10.1. The summed E-state index contributed by atoms with van der Waals surface area (Å²) >= 11 is 0. The van der Waals surface area contributed by atoms with Crippen molar-refractivity contribution in [2.75, 3.05) is 18.4 Å². The summed E-state index contributed by atoms with van der Waals surface area (Å²) in [5, 5.41) is 13.6. The summed E-state index contributed by atoms with van der Waals surface area (Å²) in [6, 6.07) is 9.57. The van der Waals surface area contributed by atoms with Gasteiger partial charge in [0.15, 0.2) is 0 Å². The summed E-state index contributed by atoms with van der Waals surface area (Å²) < 4.78 is 66.4. The third-order valence-corrected chi connectivity index (χ3v) is 4.68. The largest absolute Gasteiger partial charge is 0.573 e. The first-order valence-corrected chi connectivity index (χ1v) is 8.89. The molecule has 0 aliphatic carbocycles. The van der Waals surface area contributed by atoms with E-state index in [4.69, 9.17) is 0 Å². The molecule has 0 aromatic heterocycles. The van der Waals surface area contributed by atoms with Gasteiger partial charge in [0.2, 0.25) is 10.0 Å². The Kier molecular flexibility index (Phi) is 6.23. The van der Waals surface area contributed by atoms with Crippen LogP contribution in [-0.4, -0.2) is 32.8 Å². The van der Waals surface area contributed by atoms with Crippen LogP contribution in [0.4, 0.5) is 24.5 Å². The van der Waals surface area contributed by atoms with Crippen LogP contribution >= 0.6 is 0 Å². The lowest BCUT2D eigenvalue weighted by molar-refractivity contribution is -0.384. The molecule has 0 amide bonds. The molecule has 0 saturated heterocycles. The molecule has 0 spiro atoms. The number of hydrogen-bond donors (Lipinski definition) is 2. The summed E-state index contributed by atoms with van der Waals surface area (Å²) in [7, 11) is -3.96. The van der Waals surface area contributed by atoms with Crippen molar-refractivity contribution in [1.29, 1.82) is 0 Å². The van der Waals surface area contributed by atoms with Crippen LogP contribution in [0.25, 0.3) is 0 Å². The molecule has 0 saturated carbocycles. The van der Waals surface area contributed by atoms with Crippen LogP contribution < -0.4 is 14.8 Å². The Bertz CT molecular complexity index is 902. The van der Waals surface area contributed by atoms with E-state index in [-0.39, 0.29) is 29.4 Å². The fourth-order valence-electron chi connectivity index (χ4n) is 2.07. The third-order valence-electron chi connectivity index (χ3n) is 3.20. The Balaban J connectivity index is 1.93. The lowest BCUT2D eigenvalue weighted by Gasteiger charge is -2.11. The van der Waals surface area contributed by atoms with Gasteiger partial charge in [-0.05, 0) is 30.3 Å². The van der Waals surface area contributed by atoms with Gasteiger partial charge in [-0.2, -0.15) is 0 Å². The number of nitrogens with zero attached hydrogens (tertiary/aromatic N) is 1. The van der Waals surface area contributed by atoms with Crippen molar-refractivity contribution in [1.82, 2.24) is 4.72 Å². The fraction of sp³-hybridized carbons (Fsp3) is 0.200. The van der Waals surface area contributed by atoms with E-state index in [0.29, 0.717) is 0 Å². The van der Waals surface area contributed by atoms with Crippen molar-refractivity contribution in [3.63, 3.8) is 0 Å². The number of benzene rings is 2. The van der Waals surface area contributed by atoms with E-state index < -0.39 is 27.1 Å². The first-order valence-electron chi connectivity index (χ1n) is 7.41. The lowest BCUT2D eigenvalue weighted by Crippen LogP contribution is -2.29. The fourth-order valence-corrected chi connectivity index (χ4v) is 3.10. The average Bonchev–Trinajstić information content (AvgIpc) is 2.58. The van der Waals surface area contributed by atoms with Gasteiger partial charge in [-0.1, -0.05) is 12.1 Å². The van der Waals surface area contributed by atoms with Gasteiger partial charge < -0.3 is 10.1 Å². The van der Waals surface area contributed by atoms with Crippen LogP contribution in [0.3, 0.4) is 0 Å². The number of anilines is 1. The van der Waals surface area contributed by atoms with Crippen LogP contribution in [0.15, 0.2) is 53.4 Å². The molecule has 27 heavy (non-hydrogen) atoms. The summed E-state index contributed by atoms with van der Waals surface area (Å²) in [5.74, 6) is -0.542. The number of nitrogens with one attached hydrogen (secondary N) is 2. The van der Waals surface area contributed by atoms with Gasteiger partial charge in [0.1, 0.15) is 11.4 Å². The van der Waals surface area contributed by atoms with Gasteiger partial charge in [0.05, 0.1) is 9.82 Å². The Morgan fingerprint density at radius 1 is 1.04 bits per heavy atom. The van der Waals surface area contributed by atoms with E-state index in [0.717, 1.165) is 24.3 Å². The summed E-state index contributed by atoms with van der Waals surface area (Å²) in [5.41, 5.74) is 0.0796. The predicted octanol–water partition coefficient (Wildman–Crippen LogP) is 2.88. The van der Waals surface area contributed by atoms with Crippen LogP contribution in [0, 0.1) is 10.1 Å². The van der Waals surface area contributed by atoms with Crippen molar-refractivity contribution in [3.05, 3.63) is 58.6 Å². The van der Waals surface area contributed by atoms with Crippen molar-refractivity contribution in [2.45, 2.75) is 11.3 Å². The van der Waals surface area contributed by atoms with E-state index in [9.17, 15) is 31.7 Å². The Hall–Kier alpha value is -2.86. The second-order valence-electron chi connectivity index (χ2n) is 5.12. The van der Waals surface area contributed by atoms with E-state index in [1.807, 2.05) is 0 Å². The molecule has 2 N–H and O–H groups in total.